The minimum atomic E-state index is -0.336. The first-order valence-electron chi connectivity index (χ1n) is 6.37. The second-order valence-corrected chi connectivity index (χ2v) is 5.27. The lowest BCUT2D eigenvalue weighted by atomic mass is 10.0. The molecule has 0 radical (unpaired) electrons. The molecule has 0 fully saturated rings. The molecule has 0 amide bonds. The van der Waals surface area contributed by atoms with Crippen molar-refractivity contribution < 1.29 is 9.53 Å². The van der Waals surface area contributed by atoms with E-state index in [4.69, 9.17) is 4.74 Å². The number of rotatable bonds is 5. The Morgan fingerprint density at radius 3 is 2.79 bits per heavy atom. The molecule has 0 saturated heterocycles. The maximum atomic E-state index is 11.6. The average Bonchev–Trinajstić information content (AvgIpc) is 2.90. The number of aromatic nitrogens is 1. The first-order valence-corrected chi connectivity index (χ1v) is 7.25. The molecule has 1 unspecified atom stereocenters. The lowest BCUT2D eigenvalue weighted by Crippen LogP contribution is -2.06. The largest absolute Gasteiger partial charge is 0.461 e. The molecule has 1 atom stereocenters. The number of carbonyl (C=O) groups is 1. The minimum Gasteiger partial charge on any atom is -0.461 e. The highest BCUT2D eigenvalue weighted by molar-refractivity contribution is 7.09. The quantitative estimate of drug-likeness (QED) is 0.782. The van der Waals surface area contributed by atoms with Crippen LogP contribution in [0.1, 0.15) is 40.8 Å². The number of esters is 1. The van der Waals surface area contributed by atoms with E-state index in [9.17, 15) is 4.79 Å². The third-order valence-electron chi connectivity index (χ3n) is 2.81. The van der Waals surface area contributed by atoms with Gasteiger partial charge in [0.2, 0.25) is 0 Å². The predicted octanol–water partition coefficient (Wildman–Crippen LogP) is 3.67. The van der Waals surface area contributed by atoms with Gasteiger partial charge in [0, 0.05) is 11.3 Å². The molecule has 1 aromatic carbocycles. The molecule has 3 nitrogen and oxygen atoms in total. The lowest BCUT2D eigenvalue weighted by Gasteiger charge is -2.07. The fourth-order valence-electron chi connectivity index (χ4n) is 1.87. The molecule has 4 heteroatoms. The van der Waals surface area contributed by atoms with Crippen molar-refractivity contribution >= 4 is 17.3 Å². The van der Waals surface area contributed by atoms with Crippen molar-refractivity contribution in [3.05, 3.63) is 52.0 Å². The predicted molar refractivity (Wildman–Crippen MR) is 76.6 cm³/mol. The third-order valence-corrected chi connectivity index (χ3v) is 3.89. The average molecular weight is 275 g/mol. The van der Waals surface area contributed by atoms with E-state index in [1.807, 2.05) is 18.2 Å². The Kier molecular flexibility index (Phi) is 4.68. The molecule has 2 aromatic rings. The number of hydrogen-bond donors (Lipinski definition) is 0. The lowest BCUT2D eigenvalue weighted by molar-refractivity contribution is 0.0520. The van der Waals surface area contributed by atoms with Crippen molar-refractivity contribution in [2.45, 2.75) is 26.2 Å². The van der Waals surface area contributed by atoms with E-state index in [0.717, 1.165) is 11.4 Å². The smallest absolute Gasteiger partial charge is 0.357 e. The molecule has 1 heterocycles. The molecule has 0 aliphatic carbocycles. The van der Waals surface area contributed by atoms with Crippen LogP contribution in [0.5, 0.6) is 0 Å². The maximum absolute atomic E-state index is 11.6. The van der Waals surface area contributed by atoms with Crippen molar-refractivity contribution in [2.75, 3.05) is 6.61 Å². The number of hydrogen-bond acceptors (Lipinski definition) is 4. The van der Waals surface area contributed by atoms with Crippen LogP contribution in [-0.4, -0.2) is 17.6 Å². The summed E-state index contributed by atoms with van der Waals surface area (Å²) in [4.78, 5) is 15.9. The monoisotopic (exact) mass is 275 g/mol. The maximum Gasteiger partial charge on any atom is 0.357 e. The van der Waals surface area contributed by atoms with Crippen LogP contribution in [0.2, 0.25) is 0 Å². The normalized spacial score (nSPS) is 12.1. The summed E-state index contributed by atoms with van der Waals surface area (Å²) in [5, 5.41) is 2.75. The van der Waals surface area contributed by atoms with E-state index >= 15 is 0 Å². The summed E-state index contributed by atoms with van der Waals surface area (Å²) in [6.45, 7) is 4.30. The van der Waals surface area contributed by atoms with E-state index in [0.29, 0.717) is 18.2 Å². The molecule has 100 valence electrons. The van der Waals surface area contributed by atoms with E-state index in [1.165, 1.54) is 16.9 Å². The molecule has 0 spiro atoms. The number of ether oxygens (including phenoxy) is 1. The summed E-state index contributed by atoms with van der Waals surface area (Å²) in [5.74, 6) is -0.0347. The van der Waals surface area contributed by atoms with Gasteiger partial charge in [0.1, 0.15) is 0 Å². The zero-order chi connectivity index (χ0) is 13.7. The van der Waals surface area contributed by atoms with Gasteiger partial charge in [-0.05, 0) is 18.9 Å². The van der Waals surface area contributed by atoms with E-state index < -0.39 is 0 Å². The third kappa shape index (κ3) is 3.64. The Labute approximate surface area is 117 Å². The Morgan fingerprint density at radius 2 is 2.11 bits per heavy atom. The minimum absolute atomic E-state index is 0.301. The summed E-state index contributed by atoms with van der Waals surface area (Å²) in [7, 11) is 0. The number of thiazole rings is 1. The van der Waals surface area contributed by atoms with Gasteiger partial charge in [-0.25, -0.2) is 9.78 Å². The second-order valence-electron chi connectivity index (χ2n) is 4.38. The molecular formula is C15H17NO2S. The summed E-state index contributed by atoms with van der Waals surface area (Å²) in [6.07, 6.45) is 0.927. The van der Waals surface area contributed by atoms with Crippen LogP contribution in [0, 0.1) is 0 Å². The second kappa shape index (κ2) is 6.48. The Morgan fingerprint density at radius 1 is 1.37 bits per heavy atom. The standard InChI is InChI=1S/C15H17NO2S/c1-3-18-15(17)13-10-19-14(16-13)11(2)9-12-7-5-4-6-8-12/h4-8,10-11H,3,9H2,1-2H3. The molecule has 0 aliphatic rings. The van der Waals surface area contributed by atoms with Gasteiger partial charge in [-0.2, -0.15) is 0 Å². The van der Waals surface area contributed by atoms with Crippen LogP contribution in [0.15, 0.2) is 35.7 Å². The van der Waals surface area contributed by atoms with Gasteiger partial charge in [0.05, 0.1) is 11.6 Å². The van der Waals surface area contributed by atoms with Crippen LogP contribution in [-0.2, 0) is 11.2 Å². The molecule has 0 bridgehead atoms. The number of nitrogens with zero attached hydrogens (tertiary/aromatic N) is 1. The Bertz CT molecular complexity index is 536. The molecule has 0 saturated carbocycles. The van der Waals surface area contributed by atoms with Crippen LogP contribution >= 0.6 is 11.3 Å². The highest BCUT2D eigenvalue weighted by atomic mass is 32.1. The molecular weight excluding hydrogens is 258 g/mol. The highest BCUT2D eigenvalue weighted by Gasteiger charge is 2.15. The van der Waals surface area contributed by atoms with E-state index in [1.54, 1.807) is 12.3 Å². The van der Waals surface area contributed by atoms with Gasteiger partial charge < -0.3 is 4.74 Å². The van der Waals surface area contributed by atoms with E-state index in [-0.39, 0.29) is 5.97 Å². The fourth-order valence-corrected chi connectivity index (χ4v) is 2.72. The molecule has 1 aromatic heterocycles. The number of benzene rings is 1. The van der Waals surface area contributed by atoms with Gasteiger partial charge in [-0.3, -0.25) is 0 Å². The van der Waals surface area contributed by atoms with Crippen LogP contribution < -0.4 is 0 Å². The van der Waals surface area contributed by atoms with Crippen molar-refractivity contribution in [1.29, 1.82) is 0 Å². The zero-order valence-electron chi connectivity index (χ0n) is 11.1. The summed E-state index contributed by atoms with van der Waals surface area (Å²) >= 11 is 1.52. The van der Waals surface area contributed by atoms with Crippen LogP contribution in [0.25, 0.3) is 0 Å². The van der Waals surface area contributed by atoms with Crippen molar-refractivity contribution in [1.82, 2.24) is 4.98 Å². The highest BCUT2D eigenvalue weighted by Crippen LogP contribution is 2.24. The van der Waals surface area contributed by atoms with Gasteiger partial charge in [0.15, 0.2) is 5.69 Å². The number of carbonyl (C=O) groups excluding carboxylic acids is 1. The van der Waals surface area contributed by atoms with Crippen molar-refractivity contribution in [2.24, 2.45) is 0 Å². The Balaban J connectivity index is 2.04. The SMILES string of the molecule is CCOC(=O)c1csc(C(C)Cc2ccccc2)n1. The summed E-state index contributed by atoms with van der Waals surface area (Å²) in [6, 6.07) is 10.3. The first kappa shape index (κ1) is 13.7. The summed E-state index contributed by atoms with van der Waals surface area (Å²) in [5.41, 5.74) is 1.70. The zero-order valence-corrected chi connectivity index (χ0v) is 11.9. The van der Waals surface area contributed by atoms with Crippen LogP contribution in [0.3, 0.4) is 0 Å². The molecule has 19 heavy (non-hydrogen) atoms. The molecule has 0 aliphatic heterocycles. The summed E-state index contributed by atoms with van der Waals surface area (Å²) < 4.78 is 4.94. The van der Waals surface area contributed by atoms with Gasteiger partial charge >= 0.3 is 5.97 Å². The fraction of sp³-hybridized carbons (Fsp3) is 0.333. The van der Waals surface area contributed by atoms with Gasteiger partial charge in [-0.15, -0.1) is 11.3 Å². The molecule has 0 N–H and O–H groups in total. The van der Waals surface area contributed by atoms with E-state index in [2.05, 4.69) is 24.0 Å². The Hall–Kier alpha value is -1.68. The van der Waals surface area contributed by atoms with Crippen LogP contribution in [0.4, 0.5) is 0 Å². The topological polar surface area (TPSA) is 39.2 Å². The van der Waals surface area contributed by atoms with Gasteiger partial charge in [0.25, 0.3) is 0 Å². The van der Waals surface area contributed by atoms with Crippen molar-refractivity contribution in [3.8, 4) is 0 Å². The molecule has 2 rings (SSSR count). The van der Waals surface area contributed by atoms with Crippen molar-refractivity contribution in [3.63, 3.8) is 0 Å². The van der Waals surface area contributed by atoms with Gasteiger partial charge in [-0.1, -0.05) is 37.3 Å². The first-order chi connectivity index (χ1) is 9.20.